The summed E-state index contributed by atoms with van der Waals surface area (Å²) >= 11 is 0. The van der Waals surface area contributed by atoms with E-state index in [-0.39, 0.29) is 18.6 Å². The van der Waals surface area contributed by atoms with E-state index in [9.17, 15) is 4.79 Å². The summed E-state index contributed by atoms with van der Waals surface area (Å²) in [5.41, 5.74) is 1.86. The van der Waals surface area contributed by atoms with Gasteiger partial charge in [-0.2, -0.15) is 0 Å². The highest BCUT2D eigenvalue weighted by Gasteiger charge is 2.15. The van der Waals surface area contributed by atoms with Gasteiger partial charge in [0.25, 0.3) is 0 Å². The molecular formula is C17H24N2O3. The number of carbonyl (C=O) groups excluding carboxylic acids is 1. The molecule has 0 radical (unpaired) electrons. The molecule has 5 heteroatoms. The minimum atomic E-state index is -0.0295. The lowest BCUT2D eigenvalue weighted by molar-refractivity contribution is -0.119. The third kappa shape index (κ3) is 5.77. The maximum Gasteiger partial charge on any atom is 0.239 e. The molecule has 0 saturated carbocycles. The molecule has 22 heavy (non-hydrogen) atoms. The highest BCUT2D eigenvalue weighted by atomic mass is 16.5. The number of ether oxygens (including phenoxy) is 2. The Labute approximate surface area is 131 Å². The largest absolute Gasteiger partial charge is 0.489 e. The van der Waals surface area contributed by atoms with Crippen molar-refractivity contribution in [2.45, 2.75) is 25.9 Å². The molecule has 0 aliphatic carbocycles. The Bertz CT molecular complexity index is 493. The Morgan fingerprint density at radius 3 is 2.82 bits per heavy atom. The second-order valence-electron chi connectivity index (χ2n) is 5.56. The first-order chi connectivity index (χ1) is 10.6. The van der Waals surface area contributed by atoms with E-state index in [0.717, 1.165) is 36.5 Å². The van der Waals surface area contributed by atoms with Gasteiger partial charge in [-0.05, 0) is 49.6 Å². The maximum absolute atomic E-state index is 11.8. The van der Waals surface area contributed by atoms with Crippen LogP contribution in [0.2, 0.25) is 0 Å². The van der Waals surface area contributed by atoms with Crippen molar-refractivity contribution < 1.29 is 14.3 Å². The first-order valence-electron chi connectivity index (χ1n) is 7.63. The van der Waals surface area contributed by atoms with Gasteiger partial charge >= 0.3 is 0 Å². The second-order valence-corrected chi connectivity index (χ2v) is 5.56. The molecule has 1 aliphatic rings. The van der Waals surface area contributed by atoms with Crippen LogP contribution in [0, 0.1) is 0 Å². The van der Waals surface area contributed by atoms with Crippen LogP contribution >= 0.6 is 0 Å². The standard InChI is InChI=1S/C17H24N2O3/c1-13(2)12-22-15-7-5-14(6-8-15)18-11-17(20)19-10-16-4-3-9-21-16/h5-8,16,18H,1,3-4,9-12H2,2H3,(H,19,20). The van der Waals surface area contributed by atoms with Crippen LogP contribution < -0.4 is 15.4 Å². The highest BCUT2D eigenvalue weighted by Crippen LogP contribution is 2.16. The van der Waals surface area contributed by atoms with Crippen molar-refractivity contribution >= 4 is 11.6 Å². The van der Waals surface area contributed by atoms with Crippen molar-refractivity contribution in [1.82, 2.24) is 5.32 Å². The average Bonchev–Trinajstić information content (AvgIpc) is 3.03. The Kier molecular flexibility index (Phi) is 6.27. The smallest absolute Gasteiger partial charge is 0.239 e. The molecule has 0 bridgehead atoms. The summed E-state index contributed by atoms with van der Waals surface area (Å²) in [4.78, 5) is 11.8. The van der Waals surface area contributed by atoms with Crippen LogP contribution in [0.15, 0.2) is 36.4 Å². The Morgan fingerprint density at radius 1 is 1.41 bits per heavy atom. The Morgan fingerprint density at radius 2 is 2.18 bits per heavy atom. The number of anilines is 1. The van der Waals surface area contributed by atoms with Crippen LogP contribution in [0.3, 0.4) is 0 Å². The lowest BCUT2D eigenvalue weighted by Crippen LogP contribution is -2.35. The van der Waals surface area contributed by atoms with E-state index in [1.165, 1.54) is 0 Å². The third-order valence-corrected chi connectivity index (χ3v) is 3.34. The van der Waals surface area contributed by atoms with Gasteiger partial charge in [0.05, 0.1) is 12.6 Å². The first kappa shape index (κ1) is 16.4. The van der Waals surface area contributed by atoms with E-state index >= 15 is 0 Å². The Hall–Kier alpha value is -2.01. The summed E-state index contributed by atoms with van der Waals surface area (Å²) in [6.45, 7) is 7.87. The molecule has 2 N–H and O–H groups in total. The lowest BCUT2D eigenvalue weighted by Gasteiger charge is -2.12. The molecule has 0 spiro atoms. The molecule has 1 saturated heterocycles. The van der Waals surface area contributed by atoms with Crippen LogP contribution in [0.25, 0.3) is 0 Å². The number of amides is 1. The quantitative estimate of drug-likeness (QED) is 0.724. The second kappa shape index (κ2) is 8.44. The molecular weight excluding hydrogens is 280 g/mol. The van der Waals surface area contributed by atoms with Gasteiger partial charge in [0.15, 0.2) is 0 Å². The van der Waals surface area contributed by atoms with Gasteiger partial charge in [-0.1, -0.05) is 6.58 Å². The predicted octanol–water partition coefficient (Wildman–Crippen LogP) is 2.35. The van der Waals surface area contributed by atoms with Gasteiger partial charge in [-0.3, -0.25) is 4.79 Å². The first-order valence-corrected chi connectivity index (χ1v) is 7.63. The number of carbonyl (C=O) groups is 1. The summed E-state index contributed by atoms with van der Waals surface area (Å²) in [6, 6.07) is 7.52. The number of hydrogen-bond acceptors (Lipinski definition) is 4. The summed E-state index contributed by atoms with van der Waals surface area (Å²) in [6.07, 6.45) is 2.28. The van der Waals surface area contributed by atoms with Crippen molar-refractivity contribution in [1.29, 1.82) is 0 Å². The maximum atomic E-state index is 11.8. The van der Waals surface area contributed by atoms with Crippen LogP contribution in [-0.2, 0) is 9.53 Å². The molecule has 1 aromatic rings. The third-order valence-electron chi connectivity index (χ3n) is 3.34. The molecule has 1 aliphatic heterocycles. The van der Waals surface area contributed by atoms with Crippen LogP contribution in [0.5, 0.6) is 5.75 Å². The SMILES string of the molecule is C=C(C)COc1ccc(NCC(=O)NCC2CCCO2)cc1. The van der Waals surface area contributed by atoms with E-state index in [0.29, 0.717) is 13.2 Å². The van der Waals surface area contributed by atoms with E-state index in [4.69, 9.17) is 9.47 Å². The Balaban J connectivity index is 1.67. The van der Waals surface area contributed by atoms with E-state index in [2.05, 4.69) is 17.2 Å². The fraction of sp³-hybridized carbons (Fsp3) is 0.471. The van der Waals surface area contributed by atoms with E-state index in [1.54, 1.807) is 0 Å². The van der Waals surface area contributed by atoms with Gasteiger partial charge < -0.3 is 20.1 Å². The van der Waals surface area contributed by atoms with Crippen molar-refractivity contribution in [3.8, 4) is 5.75 Å². The van der Waals surface area contributed by atoms with Gasteiger partial charge in [0.1, 0.15) is 12.4 Å². The predicted molar refractivity (Wildman–Crippen MR) is 87.2 cm³/mol. The fourth-order valence-corrected chi connectivity index (χ4v) is 2.15. The molecule has 1 amide bonds. The van der Waals surface area contributed by atoms with Gasteiger partial charge in [-0.15, -0.1) is 0 Å². The number of hydrogen-bond donors (Lipinski definition) is 2. The molecule has 1 atom stereocenters. The average molecular weight is 304 g/mol. The zero-order valence-corrected chi connectivity index (χ0v) is 13.1. The molecule has 5 nitrogen and oxygen atoms in total. The van der Waals surface area contributed by atoms with Gasteiger partial charge in [0.2, 0.25) is 5.91 Å². The van der Waals surface area contributed by atoms with Gasteiger partial charge in [-0.25, -0.2) is 0 Å². The lowest BCUT2D eigenvalue weighted by atomic mass is 10.2. The number of rotatable bonds is 8. The summed E-state index contributed by atoms with van der Waals surface area (Å²) < 4.78 is 11.0. The normalized spacial score (nSPS) is 17.0. The molecule has 1 fully saturated rings. The molecule has 1 unspecified atom stereocenters. The molecule has 1 aromatic carbocycles. The van der Waals surface area contributed by atoms with Gasteiger partial charge in [0, 0.05) is 18.8 Å². The fourth-order valence-electron chi connectivity index (χ4n) is 2.15. The van der Waals surface area contributed by atoms with E-state index in [1.807, 2.05) is 31.2 Å². The number of nitrogens with one attached hydrogen (secondary N) is 2. The molecule has 120 valence electrons. The summed E-state index contributed by atoms with van der Waals surface area (Å²) in [5.74, 6) is 0.759. The summed E-state index contributed by atoms with van der Waals surface area (Å²) in [5, 5.41) is 5.96. The molecule has 0 aromatic heterocycles. The molecule has 1 heterocycles. The minimum absolute atomic E-state index is 0.0295. The topological polar surface area (TPSA) is 59.6 Å². The zero-order valence-electron chi connectivity index (χ0n) is 13.1. The molecule has 2 rings (SSSR count). The monoisotopic (exact) mass is 304 g/mol. The van der Waals surface area contributed by atoms with Crippen LogP contribution in [0.1, 0.15) is 19.8 Å². The summed E-state index contributed by atoms with van der Waals surface area (Å²) in [7, 11) is 0. The minimum Gasteiger partial charge on any atom is -0.489 e. The number of benzene rings is 1. The van der Waals surface area contributed by atoms with Crippen molar-refractivity contribution in [3.63, 3.8) is 0 Å². The van der Waals surface area contributed by atoms with Crippen LogP contribution in [-0.4, -0.2) is 38.3 Å². The highest BCUT2D eigenvalue weighted by molar-refractivity contribution is 5.80. The van der Waals surface area contributed by atoms with Crippen molar-refractivity contribution in [3.05, 3.63) is 36.4 Å². The van der Waals surface area contributed by atoms with Crippen molar-refractivity contribution in [2.24, 2.45) is 0 Å². The zero-order chi connectivity index (χ0) is 15.8. The van der Waals surface area contributed by atoms with E-state index < -0.39 is 0 Å². The van der Waals surface area contributed by atoms with Crippen molar-refractivity contribution in [2.75, 3.05) is 31.6 Å². The van der Waals surface area contributed by atoms with Crippen LogP contribution in [0.4, 0.5) is 5.69 Å².